The van der Waals surface area contributed by atoms with Crippen molar-refractivity contribution in [3.05, 3.63) is 283 Å². The minimum absolute atomic E-state index is 0. The van der Waals surface area contributed by atoms with Crippen LogP contribution in [-0.4, -0.2) is 238 Å². The molecular formula is C79H76B2Br3Cl12F5N28O12PS. The van der Waals surface area contributed by atoms with Gasteiger partial charge in [-0.15, -0.1) is 24.0 Å². The fourth-order valence-corrected chi connectivity index (χ4v) is 14.3. The molecule has 0 bridgehead atoms. The van der Waals surface area contributed by atoms with Crippen LogP contribution in [0.1, 0.15) is 51.7 Å². The second-order valence-corrected chi connectivity index (χ2v) is 40.1. The van der Waals surface area contributed by atoms with Gasteiger partial charge in [0.1, 0.15) is 126 Å². The quantitative estimate of drug-likeness (QED) is 0.0158. The summed E-state index contributed by atoms with van der Waals surface area (Å²) in [7, 11) is 2.73. The minimum atomic E-state index is -3.22. The number of imidazole rings is 5. The van der Waals surface area contributed by atoms with Crippen molar-refractivity contribution in [3.63, 3.8) is 0 Å². The van der Waals surface area contributed by atoms with Crippen molar-refractivity contribution in [3.8, 4) is 17.3 Å². The summed E-state index contributed by atoms with van der Waals surface area (Å²) >= 11 is 71.3. The summed E-state index contributed by atoms with van der Waals surface area (Å²) in [5, 5.41) is 33.2. The fourth-order valence-electron chi connectivity index (χ4n) is 11.3. The van der Waals surface area contributed by atoms with Gasteiger partial charge in [-0.2, -0.15) is 5.26 Å². The van der Waals surface area contributed by atoms with Crippen molar-refractivity contribution in [1.82, 2.24) is 121 Å². The van der Waals surface area contributed by atoms with E-state index in [1.165, 1.54) is 135 Å². The summed E-state index contributed by atoms with van der Waals surface area (Å²) in [6, 6.07) is 9.37. The number of aromatic nitrogens is 21. The number of carbonyl (C=O) groups excluding carboxylic acids is 4. The number of nitrogens with two attached hydrogens (primary N) is 1. The Morgan fingerprint density at radius 3 is 1.41 bits per heavy atom. The second-order valence-electron chi connectivity index (χ2n) is 28.1. The van der Waals surface area contributed by atoms with Gasteiger partial charge in [0.05, 0.1) is 79.8 Å². The monoisotopic (exact) mass is 2440 g/mol. The van der Waals surface area contributed by atoms with Crippen LogP contribution in [0.3, 0.4) is 0 Å². The molecule has 4 amide bonds. The van der Waals surface area contributed by atoms with Gasteiger partial charge in [-0.1, -0.05) is 101 Å². The number of nitriles is 1. The number of carboxylic acid groups (broad SMARTS) is 1. The van der Waals surface area contributed by atoms with Crippen LogP contribution in [0.4, 0.5) is 22.0 Å². The average molecular weight is 2450 g/mol. The van der Waals surface area contributed by atoms with Crippen molar-refractivity contribution in [2.75, 3.05) is 45.1 Å². The summed E-state index contributed by atoms with van der Waals surface area (Å²) in [5.41, 5.74) is 5.69. The first-order valence-electron chi connectivity index (χ1n) is 39.3. The van der Waals surface area contributed by atoms with Gasteiger partial charge in [0.25, 0.3) is 23.2 Å². The Kier molecular flexibility index (Phi) is 53.8. The standard InChI is InChI=1S/C18H15ClF2N4O2.C12H12BrFN4O2.C6H5BClFO2.C6H3BrClN3.C6H4BrN3O.C6H9ClFNO.C6H6ClN3O.C6H4ClN3.C5H6ClN3.C5H2ClN3.C2H6.CH2O2.BHNS.Cl3OP.ClH/c1-18(21)8-25(9-18)14(26)7-23-4-5-24-10-22-15(16(24)17(23)27)11-2-3-13(20)12(19)6-11;1-12(14)5-18(6-12)8(19)4-16-2-3-17-7-15-10(13)9(17)11(16)20;8-5-3-4(7(10)11)1-2-6(5)9;7-5-4-6(8)9-1-2-11(4)3-10-5;7-5-4-6(11)8-1-2-10(4)3-9-5;1-6(8)3-9(4-6)5(10)2-7;7-6-5(3-8-4-11)9-1-2-10-6;7-6-5-3-8-4-10(5)2-1-9-6;2*6-5-4(3-7)8-1-2-9-5;1-2;2-1-3;1-2-3;1-5(2,3)4;/h2-6,10H,7-9H2,1H3;2-3,7H,4-6H2,1H3;1-3,10-11H;1-3H;1-3H,(H,8,11);2-4H2,1H3;1-2,4H,3H2,(H,8,11);1-4H;1-2H,3,7H2;1-2H;1-2H3;1H,(H,2,3);3H;;1H. The van der Waals surface area contributed by atoms with E-state index in [0.717, 1.165) is 21.7 Å². The van der Waals surface area contributed by atoms with E-state index in [4.69, 9.17) is 124 Å². The van der Waals surface area contributed by atoms with Crippen LogP contribution in [0.25, 0.3) is 38.8 Å². The number of thiol groups is 1. The molecule has 3 aliphatic rings. The van der Waals surface area contributed by atoms with Gasteiger partial charge in [0.2, 0.25) is 24.1 Å². The molecule has 0 saturated carbocycles. The first-order chi connectivity index (χ1) is 67.1. The SMILES string of the molecule is CC.CC1(F)CN(C(=O)CCl)C1.CC1(F)CN(C(=O)Cn2ccn3cnc(-c4ccc(F)c(Cl)c4)c3c2=O)C1.CC1(F)CN(C(=O)Cn2ccn3cnc(Br)c3c2=O)C1.Cl.Clc1nccn2cnc(Br)c12.Clc1nccn2cncc12.N#Cc1nccnc1Cl.NCc1nccnc1Cl.O=CNCc1nccnc1Cl.O=CO.O=P(Cl)(Cl)Cl.O=c1[nH]ccn2cnc(Br)c12.OB(O)c1ccc(F)c(Cl)c1.[B]=NS. The average Bonchev–Trinajstić information content (AvgIpc) is 1.63. The number of hydrogen-bond donors (Lipinski definition) is 7. The summed E-state index contributed by atoms with van der Waals surface area (Å²) in [5.74, 6) is -1.96. The topological polar surface area (TPSA) is 514 Å². The number of rotatable bonds is 11. The van der Waals surface area contributed by atoms with E-state index < -0.39 is 46.5 Å². The van der Waals surface area contributed by atoms with E-state index in [0.29, 0.717) is 83.0 Å². The molecule has 0 aliphatic carbocycles. The van der Waals surface area contributed by atoms with Crippen LogP contribution in [0, 0.1) is 23.0 Å². The molecule has 40 nitrogen and oxygen atoms in total. The van der Waals surface area contributed by atoms with Crippen molar-refractivity contribution in [2.45, 2.75) is 77.8 Å². The number of fused-ring (bicyclic) bond motifs is 5. The molecule has 3 saturated heterocycles. The molecule has 0 spiro atoms. The van der Waals surface area contributed by atoms with E-state index in [1.54, 1.807) is 100 Å². The molecule has 1 radical (unpaired) electrons. The predicted octanol–water partition coefficient (Wildman–Crippen LogP) is 14.7. The molecule has 13 aromatic heterocycles. The van der Waals surface area contributed by atoms with E-state index in [2.05, 4.69) is 181 Å². The third-order valence-corrected chi connectivity index (χ3v) is 21.5. The molecule has 143 heavy (non-hydrogen) atoms. The van der Waals surface area contributed by atoms with Crippen molar-refractivity contribution in [2.24, 2.45) is 10.0 Å². The van der Waals surface area contributed by atoms with Crippen LogP contribution in [-0.2, 0) is 54.7 Å². The number of halogens is 20. The van der Waals surface area contributed by atoms with Crippen LogP contribution < -0.4 is 33.2 Å². The fraction of sp³-hybridized carbons (Fsp3) is 0.241. The van der Waals surface area contributed by atoms with Gasteiger partial charge in [-0.3, -0.25) is 66.1 Å². The molecule has 7 N–H and O–H groups in total. The van der Waals surface area contributed by atoms with E-state index >= 15 is 0 Å². The molecule has 761 valence electrons. The molecule has 15 aromatic rings. The summed E-state index contributed by atoms with van der Waals surface area (Å²) in [6.45, 7) is 9.08. The third-order valence-electron chi connectivity index (χ3n) is 17.4. The zero-order valence-corrected chi connectivity index (χ0v) is 89.7. The number of amides is 4. The molecule has 3 aliphatic heterocycles. The van der Waals surface area contributed by atoms with E-state index in [1.807, 2.05) is 18.2 Å². The maximum atomic E-state index is 13.6. The third kappa shape index (κ3) is 40.4. The maximum absolute atomic E-state index is 13.6. The number of likely N-dealkylation sites (tertiary alicyclic amines) is 3. The van der Waals surface area contributed by atoms with Crippen molar-refractivity contribution in [1.29, 1.82) is 5.26 Å². The molecule has 3 fully saturated rings. The van der Waals surface area contributed by atoms with Gasteiger partial charge >= 0.3 is 37.1 Å². The van der Waals surface area contributed by atoms with E-state index in [-0.39, 0.29) is 138 Å². The van der Waals surface area contributed by atoms with Crippen LogP contribution >= 0.6 is 205 Å². The van der Waals surface area contributed by atoms with Crippen LogP contribution in [0.5, 0.6) is 0 Å². The molecule has 64 heteroatoms. The number of nitrogens with one attached hydrogen (secondary N) is 2. The number of H-pyrrole nitrogens is 1. The Morgan fingerprint density at radius 1 is 0.587 bits per heavy atom. The summed E-state index contributed by atoms with van der Waals surface area (Å²) < 4.78 is 90.4. The summed E-state index contributed by atoms with van der Waals surface area (Å²) in [4.78, 5) is 147. The van der Waals surface area contributed by atoms with Gasteiger partial charge in [-0.05, 0) is 138 Å². The zero-order chi connectivity index (χ0) is 106. The number of carbonyl (C=O) groups is 5. The van der Waals surface area contributed by atoms with Crippen LogP contribution in [0.15, 0.2) is 206 Å². The van der Waals surface area contributed by atoms with Gasteiger partial charge in [-0.25, -0.2) is 76.8 Å². The second kappa shape index (κ2) is 61.4. The molecule has 2 aromatic carbocycles. The molecule has 16 heterocycles. The van der Waals surface area contributed by atoms with Crippen molar-refractivity contribution < 1.29 is 65.6 Å². The Balaban J connectivity index is 0.000000334. The molecule has 18 rings (SSSR count). The Hall–Kier alpha value is -10.0. The van der Waals surface area contributed by atoms with Crippen molar-refractivity contribution >= 4 is 283 Å². The normalized spacial score (nSPS) is 12.5. The van der Waals surface area contributed by atoms with Gasteiger partial charge in [0, 0.05) is 111 Å². The zero-order valence-electron chi connectivity index (χ0n) is 74.0. The first kappa shape index (κ1) is 125. The molecular weight excluding hydrogens is 2380 g/mol. The number of alkyl halides is 4. The van der Waals surface area contributed by atoms with Gasteiger partial charge in [0.15, 0.2) is 31.5 Å². The molecule has 0 atom stereocenters. The first-order valence-corrected chi connectivity index (χ1v) is 49.7. The number of benzene rings is 2. The predicted molar refractivity (Wildman–Crippen MR) is 551 cm³/mol. The number of nitrogens with zero attached hydrogens (tertiary/aromatic N) is 25. The van der Waals surface area contributed by atoms with E-state index in [9.17, 15) is 60.1 Å². The Labute approximate surface area is 900 Å². The summed E-state index contributed by atoms with van der Waals surface area (Å²) in [6.07, 6.45) is 35.5. The molecule has 0 unspecified atom stereocenters. The van der Waals surface area contributed by atoms with Gasteiger partial charge < -0.3 is 63.8 Å². The van der Waals surface area contributed by atoms with Crippen LogP contribution in [0.2, 0.25) is 35.8 Å². The Morgan fingerprint density at radius 2 is 0.993 bits per heavy atom. The number of aromatic amines is 1. The Bertz CT molecular complexity index is 7030. The number of hydrogen-bond acceptors (Lipinski definition) is 28.